The normalized spacial score (nSPS) is 13.1. The van der Waals surface area contributed by atoms with Crippen molar-refractivity contribution in [3.05, 3.63) is 28.0 Å². The summed E-state index contributed by atoms with van der Waals surface area (Å²) in [5.41, 5.74) is 1.86. The first-order valence-corrected chi connectivity index (χ1v) is 7.26. The summed E-state index contributed by atoms with van der Waals surface area (Å²) >= 11 is 12.0. The Morgan fingerprint density at radius 1 is 1.22 bits per heavy atom. The van der Waals surface area contributed by atoms with Crippen LogP contribution in [0.1, 0.15) is 51.3 Å². The minimum absolute atomic E-state index is 0.495. The molecule has 4 heteroatoms. The average molecular weight is 285 g/mol. The molecule has 0 saturated carbocycles. The Kier molecular flexibility index (Phi) is 4.52. The highest BCUT2D eigenvalue weighted by Gasteiger charge is 2.14. The zero-order chi connectivity index (χ0) is 13.1. The van der Waals surface area contributed by atoms with E-state index in [0.717, 1.165) is 23.3 Å². The Morgan fingerprint density at radius 3 is 2.61 bits per heavy atom. The first kappa shape index (κ1) is 13.7. The lowest BCUT2D eigenvalue weighted by atomic mass is 9.99. The van der Waals surface area contributed by atoms with Crippen molar-refractivity contribution in [2.45, 2.75) is 45.4 Å². The maximum Gasteiger partial charge on any atom is 0.110 e. The van der Waals surface area contributed by atoms with Gasteiger partial charge in [-0.2, -0.15) is 0 Å². The summed E-state index contributed by atoms with van der Waals surface area (Å²) in [5.74, 6) is 1.55. The van der Waals surface area contributed by atoms with Crippen molar-refractivity contribution in [3.63, 3.8) is 0 Å². The molecule has 1 N–H and O–H groups in total. The topological polar surface area (TPSA) is 28.7 Å². The first-order valence-electron chi connectivity index (χ1n) is 6.50. The lowest BCUT2D eigenvalue weighted by Gasteiger charge is -2.10. The van der Waals surface area contributed by atoms with E-state index in [2.05, 4.69) is 23.8 Å². The monoisotopic (exact) mass is 284 g/mol. The average Bonchev–Trinajstić information content (AvgIpc) is 2.73. The van der Waals surface area contributed by atoms with Gasteiger partial charge in [0, 0.05) is 5.92 Å². The molecule has 0 spiro atoms. The van der Waals surface area contributed by atoms with Gasteiger partial charge in [0.2, 0.25) is 0 Å². The Hall–Kier alpha value is -0.730. The van der Waals surface area contributed by atoms with E-state index in [-0.39, 0.29) is 0 Å². The zero-order valence-electron chi connectivity index (χ0n) is 10.8. The molecule has 2 nitrogen and oxygen atoms in total. The molecule has 0 amide bonds. The molecule has 0 saturated heterocycles. The molecule has 0 aliphatic rings. The summed E-state index contributed by atoms with van der Waals surface area (Å²) in [4.78, 5) is 8.01. The van der Waals surface area contributed by atoms with Gasteiger partial charge in [0.15, 0.2) is 0 Å². The van der Waals surface area contributed by atoms with Crippen LogP contribution in [0.15, 0.2) is 12.1 Å². The lowest BCUT2D eigenvalue weighted by molar-refractivity contribution is 0.549. The van der Waals surface area contributed by atoms with Crippen LogP contribution in [-0.2, 0) is 0 Å². The van der Waals surface area contributed by atoms with E-state index >= 15 is 0 Å². The Morgan fingerprint density at radius 2 is 1.94 bits per heavy atom. The molecule has 1 aromatic carbocycles. The molecule has 0 aliphatic heterocycles. The largest absolute Gasteiger partial charge is 0.342 e. The molecule has 18 heavy (non-hydrogen) atoms. The highest BCUT2D eigenvalue weighted by molar-refractivity contribution is 6.42. The van der Waals surface area contributed by atoms with E-state index in [9.17, 15) is 0 Å². The molecule has 0 fully saturated rings. The van der Waals surface area contributed by atoms with Crippen LogP contribution in [0.25, 0.3) is 11.0 Å². The predicted molar refractivity (Wildman–Crippen MR) is 78.7 cm³/mol. The number of hydrogen-bond donors (Lipinski definition) is 1. The minimum atomic E-state index is 0.495. The van der Waals surface area contributed by atoms with Gasteiger partial charge >= 0.3 is 0 Å². The van der Waals surface area contributed by atoms with E-state index in [0.29, 0.717) is 16.0 Å². The number of rotatable bonds is 5. The van der Waals surface area contributed by atoms with Crippen molar-refractivity contribution in [1.82, 2.24) is 9.97 Å². The van der Waals surface area contributed by atoms with Gasteiger partial charge in [-0.15, -0.1) is 0 Å². The molecule has 2 rings (SSSR count). The highest BCUT2D eigenvalue weighted by Crippen LogP contribution is 2.30. The summed E-state index contributed by atoms with van der Waals surface area (Å²) in [7, 11) is 0. The fourth-order valence-electron chi connectivity index (χ4n) is 2.20. The number of nitrogens with one attached hydrogen (secondary N) is 1. The standard InChI is InChI=1S/C14H18Cl2N2/c1-3-5-6-9(4-2)14-17-12-7-10(15)11(16)8-13(12)18-14/h7-9H,3-6H2,1-2H3,(H,17,18). The number of aromatic nitrogens is 2. The Labute approximate surface area is 118 Å². The summed E-state index contributed by atoms with van der Waals surface area (Å²) in [5, 5.41) is 1.13. The van der Waals surface area contributed by atoms with Crippen molar-refractivity contribution in [2.24, 2.45) is 0 Å². The number of hydrogen-bond acceptors (Lipinski definition) is 1. The molecule has 2 aromatic rings. The van der Waals surface area contributed by atoms with Gasteiger partial charge in [0.1, 0.15) is 5.82 Å². The van der Waals surface area contributed by atoms with Crippen LogP contribution in [0.4, 0.5) is 0 Å². The quantitative estimate of drug-likeness (QED) is 0.766. The molecule has 0 radical (unpaired) electrons. The highest BCUT2D eigenvalue weighted by atomic mass is 35.5. The second-order valence-electron chi connectivity index (χ2n) is 4.65. The van der Waals surface area contributed by atoms with Gasteiger partial charge in [-0.05, 0) is 25.0 Å². The molecule has 1 atom stereocenters. The minimum Gasteiger partial charge on any atom is -0.342 e. The number of nitrogens with zero attached hydrogens (tertiary/aromatic N) is 1. The second-order valence-corrected chi connectivity index (χ2v) is 5.47. The van der Waals surface area contributed by atoms with Gasteiger partial charge in [-0.25, -0.2) is 4.98 Å². The number of imidazole rings is 1. The third-order valence-electron chi connectivity index (χ3n) is 3.33. The SMILES string of the molecule is CCCCC(CC)c1nc2cc(Cl)c(Cl)cc2[nH]1. The van der Waals surface area contributed by atoms with Crippen LogP contribution in [0.5, 0.6) is 0 Å². The maximum atomic E-state index is 6.01. The summed E-state index contributed by atoms with van der Waals surface area (Å²) in [6.07, 6.45) is 4.72. The second kappa shape index (κ2) is 5.94. The summed E-state index contributed by atoms with van der Waals surface area (Å²) < 4.78 is 0. The van der Waals surface area contributed by atoms with Crippen molar-refractivity contribution < 1.29 is 0 Å². The van der Waals surface area contributed by atoms with Crippen LogP contribution in [-0.4, -0.2) is 9.97 Å². The predicted octanol–water partition coefficient (Wildman–Crippen LogP) is 5.55. The smallest absolute Gasteiger partial charge is 0.110 e. The first-order chi connectivity index (χ1) is 8.65. The molecule has 0 aliphatic carbocycles. The van der Waals surface area contributed by atoms with Gasteiger partial charge in [-0.3, -0.25) is 0 Å². The number of unbranched alkanes of at least 4 members (excludes halogenated alkanes) is 1. The van der Waals surface area contributed by atoms with Crippen molar-refractivity contribution in [3.8, 4) is 0 Å². The van der Waals surface area contributed by atoms with Crippen LogP contribution >= 0.6 is 23.2 Å². The van der Waals surface area contributed by atoms with E-state index in [1.807, 2.05) is 12.1 Å². The molecule has 1 aromatic heterocycles. The molecule has 98 valence electrons. The third kappa shape index (κ3) is 2.81. The lowest BCUT2D eigenvalue weighted by Crippen LogP contribution is -1.99. The Balaban J connectivity index is 2.33. The van der Waals surface area contributed by atoms with E-state index in [1.165, 1.54) is 19.3 Å². The van der Waals surface area contributed by atoms with Crippen LogP contribution < -0.4 is 0 Å². The van der Waals surface area contributed by atoms with Gasteiger partial charge < -0.3 is 4.98 Å². The third-order valence-corrected chi connectivity index (χ3v) is 4.05. The number of H-pyrrole nitrogens is 1. The van der Waals surface area contributed by atoms with Gasteiger partial charge in [-0.1, -0.05) is 49.9 Å². The molecule has 1 heterocycles. The van der Waals surface area contributed by atoms with Crippen LogP contribution in [0.3, 0.4) is 0 Å². The molecular formula is C14H18Cl2N2. The number of fused-ring (bicyclic) bond motifs is 1. The zero-order valence-corrected chi connectivity index (χ0v) is 12.3. The Bertz CT molecular complexity index is 495. The fraction of sp³-hybridized carbons (Fsp3) is 0.500. The van der Waals surface area contributed by atoms with Gasteiger partial charge in [0.05, 0.1) is 21.1 Å². The number of aromatic amines is 1. The van der Waals surface area contributed by atoms with Gasteiger partial charge in [0.25, 0.3) is 0 Å². The van der Waals surface area contributed by atoms with E-state index in [1.54, 1.807) is 0 Å². The van der Waals surface area contributed by atoms with Crippen LogP contribution in [0.2, 0.25) is 10.0 Å². The molecule has 0 bridgehead atoms. The number of halogens is 2. The van der Waals surface area contributed by atoms with Crippen molar-refractivity contribution >= 4 is 34.2 Å². The number of benzene rings is 1. The van der Waals surface area contributed by atoms with E-state index in [4.69, 9.17) is 23.2 Å². The maximum absolute atomic E-state index is 6.01. The molecule has 1 unspecified atom stereocenters. The van der Waals surface area contributed by atoms with Crippen molar-refractivity contribution in [1.29, 1.82) is 0 Å². The summed E-state index contributed by atoms with van der Waals surface area (Å²) in [6, 6.07) is 3.67. The van der Waals surface area contributed by atoms with Crippen LogP contribution in [0, 0.1) is 0 Å². The fourth-order valence-corrected chi connectivity index (χ4v) is 2.52. The molecular weight excluding hydrogens is 267 g/mol. The summed E-state index contributed by atoms with van der Waals surface area (Å²) in [6.45, 7) is 4.42. The van der Waals surface area contributed by atoms with E-state index < -0.39 is 0 Å². The van der Waals surface area contributed by atoms with Crippen molar-refractivity contribution in [2.75, 3.05) is 0 Å².